The summed E-state index contributed by atoms with van der Waals surface area (Å²) in [5, 5.41) is 23.0. The number of amides is 1. The molecule has 2 atom stereocenters. The van der Waals surface area contributed by atoms with E-state index in [2.05, 4.69) is 55.6 Å². The third kappa shape index (κ3) is 66.8. The van der Waals surface area contributed by atoms with Crippen molar-refractivity contribution < 1.29 is 24.5 Å². The Kier molecular flexibility index (Phi) is 68.4. The molecule has 0 fully saturated rings. The molecule has 0 saturated carbocycles. The topological polar surface area (TPSA) is 95.9 Å². The van der Waals surface area contributed by atoms with E-state index in [9.17, 15) is 19.8 Å². The Morgan fingerprint density at radius 2 is 0.617 bits per heavy atom. The van der Waals surface area contributed by atoms with Gasteiger partial charge in [-0.15, -0.1) is 0 Å². The summed E-state index contributed by atoms with van der Waals surface area (Å²) in [6, 6.07) is -0.624. The smallest absolute Gasteiger partial charge is 0.305 e. The summed E-state index contributed by atoms with van der Waals surface area (Å²) >= 11 is 0. The number of aliphatic hydroxyl groups is 2. The Morgan fingerprint density at radius 3 is 0.975 bits per heavy atom. The molecule has 0 aromatic carbocycles. The zero-order chi connectivity index (χ0) is 58.5. The third-order valence-corrected chi connectivity index (χ3v) is 16.8. The molecule has 0 spiro atoms. The fourth-order valence-electron chi connectivity index (χ4n) is 11.3. The number of hydrogen-bond donors (Lipinski definition) is 3. The highest BCUT2D eigenvalue weighted by Gasteiger charge is 2.18. The predicted molar refractivity (Wildman–Crippen MR) is 356 cm³/mol. The van der Waals surface area contributed by atoms with Crippen molar-refractivity contribution >= 4 is 11.9 Å². The van der Waals surface area contributed by atoms with E-state index in [0.29, 0.717) is 19.4 Å². The number of carbonyl (C=O) groups is 2. The lowest BCUT2D eigenvalue weighted by Crippen LogP contribution is -2.45. The Hall–Kier alpha value is -2.18. The molecule has 0 aliphatic carbocycles. The number of aliphatic hydroxyl groups excluding tert-OH is 2. The van der Waals surface area contributed by atoms with Gasteiger partial charge in [0.1, 0.15) is 0 Å². The minimum absolute atomic E-state index is 0.0163. The van der Waals surface area contributed by atoms with Crippen LogP contribution in [0.1, 0.15) is 393 Å². The highest BCUT2D eigenvalue weighted by Crippen LogP contribution is 2.18. The molecule has 81 heavy (non-hydrogen) atoms. The number of nitrogens with one attached hydrogen (secondary N) is 1. The fourth-order valence-corrected chi connectivity index (χ4v) is 11.3. The van der Waals surface area contributed by atoms with Crippen LogP contribution in [-0.4, -0.2) is 47.4 Å². The molecule has 0 rings (SSSR count). The molecular formula is C75H141NO5. The van der Waals surface area contributed by atoms with E-state index < -0.39 is 12.1 Å². The van der Waals surface area contributed by atoms with Crippen molar-refractivity contribution in [1.82, 2.24) is 5.32 Å². The van der Waals surface area contributed by atoms with Gasteiger partial charge in [0.05, 0.1) is 25.4 Å². The van der Waals surface area contributed by atoms with E-state index in [1.54, 1.807) is 6.08 Å². The maximum atomic E-state index is 12.4. The summed E-state index contributed by atoms with van der Waals surface area (Å²) in [5.41, 5.74) is 0. The molecule has 3 N–H and O–H groups in total. The first-order chi connectivity index (χ1) is 40.0. The van der Waals surface area contributed by atoms with Crippen LogP contribution in [0, 0.1) is 0 Å². The molecule has 2 unspecified atom stereocenters. The molecular weight excluding hydrogens is 995 g/mol. The van der Waals surface area contributed by atoms with Gasteiger partial charge in [-0.1, -0.05) is 339 Å². The van der Waals surface area contributed by atoms with Crippen LogP contribution in [0.15, 0.2) is 48.6 Å². The minimum Gasteiger partial charge on any atom is -0.466 e. The van der Waals surface area contributed by atoms with Gasteiger partial charge in [-0.2, -0.15) is 0 Å². The predicted octanol–water partition coefficient (Wildman–Crippen LogP) is 23.6. The molecule has 0 aliphatic rings. The zero-order valence-corrected chi connectivity index (χ0v) is 54.5. The third-order valence-electron chi connectivity index (χ3n) is 16.8. The summed E-state index contributed by atoms with van der Waals surface area (Å²) in [6.45, 7) is 4.88. The minimum atomic E-state index is -0.840. The zero-order valence-electron chi connectivity index (χ0n) is 54.5. The number of unbranched alkanes of at least 4 members (excludes halogenated alkanes) is 51. The van der Waals surface area contributed by atoms with Crippen molar-refractivity contribution in [2.75, 3.05) is 13.2 Å². The van der Waals surface area contributed by atoms with E-state index in [0.717, 1.165) is 51.4 Å². The number of esters is 1. The van der Waals surface area contributed by atoms with E-state index in [-0.39, 0.29) is 18.5 Å². The number of allylic oxidation sites excluding steroid dienone is 7. The second-order valence-corrected chi connectivity index (χ2v) is 24.9. The average molecular weight is 1140 g/mol. The second kappa shape index (κ2) is 70.3. The molecule has 0 aromatic rings. The summed E-state index contributed by atoms with van der Waals surface area (Å²) in [5.74, 6) is -0.0489. The van der Waals surface area contributed by atoms with Gasteiger partial charge in [0.15, 0.2) is 0 Å². The van der Waals surface area contributed by atoms with Crippen LogP contribution in [0.4, 0.5) is 0 Å². The van der Waals surface area contributed by atoms with Gasteiger partial charge in [-0.05, 0) is 89.9 Å². The lowest BCUT2D eigenvalue weighted by atomic mass is 10.0. The lowest BCUT2D eigenvalue weighted by molar-refractivity contribution is -0.143. The van der Waals surface area contributed by atoms with Crippen molar-refractivity contribution in [1.29, 1.82) is 0 Å². The van der Waals surface area contributed by atoms with Crippen molar-refractivity contribution in [2.45, 2.75) is 405 Å². The van der Waals surface area contributed by atoms with Gasteiger partial charge in [0, 0.05) is 12.8 Å². The van der Waals surface area contributed by atoms with Gasteiger partial charge >= 0.3 is 5.97 Å². The molecule has 0 aromatic heterocycles. The number of rotatable bonds is 68. The Balaban J connectivity index is 3.32. The van der Waals surface area contributed by atoms with E-state index in [1.807, 2.05) is 6.08 Å². The Bertz CT molecular complexity index is 1360. The van der Waals surface area contributed by atoms with Crippen LogP contribution in [0.25, 0.3) is 0 Å². The maximum Gasteiger partial charge on any atom is 0.305 e. The van der Waals surface area contributed by atoms with Crippen LogP contribution in [-0.2, 0) is 14.3 Å². The van der Waals surface area contributed by atoms with Gasteiger partial charge in [-0.3, -0.25) is 9.59 Å². The first kappa shape index (κ1) is 78.8. The van der Waals surface area contributed by atoms with E-state index in [4.69, 9.17) is 4.74 Å². The maximum absolute atomic E-state index is 12.4. The normalized spacial score (nSPS) is 12.8. The SMILES string of the molecule is CCCCC/C=C\C/C=C\CCCCCCCCCCCC(=O)OCCCCCCCCCCCCCCCC/C=C\CCCCCCCCCCCCCCCCCCCC(=O)NC(CO)C(O)/C=C/CCCCCCCCCC. The fraction of sp³-hybridized carbons (Fsp3) is 0.867. The highest BCUT2D eigenvalue weighted by atomic mass is 16.5. The van der Waals surface area contributed by atoms with Crippen molar-refractivity contribution in [3.63, 3.8) is 0 Å². The Labute approximate surface area is 506 Å². The largest absolute Gasteiger partial charge is 0.466 e. The van der Waals surface area contributed by atoms with Crippen LogP contribution >= 0.6 is 0 Å². The van der Waals surface area contributed by atoms with Crippen LogP contribution in [0.5, 0.6) is 0 Å². The summed E-state index contributed by atoms with van der Waals surface area (Å²) < 4.78 is 5.51. The molecule has 0 saturated heterocycles. The molecule has 6 nitrogen and oxygen atoms in total. The monoisotopic (exact) mass is 1140 g/mol. The van der Waals surface area contributed by atoms with Crippen molar-refractivity contribution in [3.05, 3.63) is 48.6 Å². The first-order valence-corrected chi connectivity index (χ1v) is 36.4. The van der Waals surface area contributed by atoms with Crippen LogP contribution in [0.3, 0.4) is 0 Å². The van der Waals surface area contributed by atoms with Gasteiger partial charge in [-0.25, -0.2) is 0 Å². The molecule has 0 bridgehead atoms. The standard InChI is InChI=1S/C75H141NO5/c1-3-5-7-9-11-13-15-16-17-18-36-40-43-46-49-53-57-61-65-69-75(80)81-70-66-62-58-54-50-47-44-41-38-35-33-31-29-27-25-23-21-19-20-22-24-26-28-30-32-34-37-39-42-45-48-52-56-60-64-68-74(79)76-72(71-77)73(78)67-63-59-55-51-14-12-10-8-6-4-2/h11,13,16-17,21,23,63,67,72-73,77-78H,3-10,12,14-15,18-20,22,24-62,64-66,68-71H2,1-2H3,(H,76,79)/b13-11-,17-16-,23-21-,67-63+. The highest BCUT2D eigenvalue weighted by molar-refractivity contribution is 5.76. The molecule has 1 amide bonds. The van der Waals surface area contributed by atoms with Gasteiger partial charge in [0.2, 0.25) is 5.91 Å². The molecule has 476 valence electrons. The number of carbonyl (C=O) groups excluding carboxylic acids is 2. The van der Waals surface area contributed by atoms with Gasteiger partial charge in [0.25, 0.3) is 0 Å². The first-order valence-electron chi connectivity index (χ1n) is 36.4. The van der Waals surface area contributed by atoms with E-state index >= 15 is 0 Å². The molecule has 0 aliphatic heterocycles. The molecule has 0 heterocycles. The summed E-state index contributed by atoms with van der Waals surface area (Å²) in [6.07, 6.45) is 92.2. The van der Waals surface area contributed by atoms with Crippen LogP contribution < -0.4 is 5.32 Å². The Morgan fingerprint density at radius 1 is 0.346 bits per heavy atom. The molecule has 6 heteroatoms. The quantitative estimate of drug-likeness (QED) is 0.0320. The van der Waals surface area contributed by atoms with Gasteiger partial charge < -0.3 is 20.3 Å². The lowest BCUT2D eigenvalue weighted by Gasteiger charge is -2.20. The van der Waals surface area contributed by atoms with Crippen molar-refractivity contribution in [2.24, 2.45) is 0 Å². The number of hydrogen-bond acceptors (Lipinski definition) is 5. The average Bonchev–Trinajstić information content (AvgIpc) is 3.47. The van der Waals surface area contributed by atoms with E-state index in [1.165, 1.54) is 315 Å². The number of ether oxygens (including phenoxy) is 1. The second-order valence-electron chi connectivity index (χ2n) is 24.9. The molecule has 0 radical (unpaired) electrons. The van der Waals surface area contributed by atoms with Crippen LogP contribution in [0.2, 0.25) is 0 Å². The summed E-state index contributed by atoms with van der Waals surface area (Å²) in [4.78, 5) is 24.5. The van der Waals surface area contributed by atoms with Crippen molar-refractivity contribution in [3.8, 4) is 0 Å². The summed E-state index contributed by atoms with van der Waals surface area (Å²) in [7, 11) is 0.